The maximum absolute atomic E-state index is 11.3. The van der Waals surface area contributed by atoms with Gasteiger partial charge in [-0.05, 0) is 18.9 Å². The Hall–Kier alpha value is -2.11. The number of carboxylic acids is 1. The first-order valence-corrected chi connectivity index (χ1v) is 5.59. The molecule has 3 rings (SSSR count). The van der Waals surface area contributed by atoms with Crippen LogP contribution in [0.5, 0.6) is 0 Å². The summed E-state index contributed by atoms with van der Waals surface area (Å²) in [4.78, 5) is 17.4. The van der Waals surface area contributed by atoms with Crippen molar-refractivity contribution in [2.24, 2.45) is 0 Å². The van der Waals surface area contributed by atoms with Gasteiger partial charge in [0.1, 0.15) is 5.56 Å². The number of nitrogens with zero attached hydrogens (tertiary/aromatic N) is 4. The molecule has 0 atom stereocenters. The fourth-order valence-electron chi connectivity index (χ4n) is 2.22. The predicted octanol–water partition coefficient (Wildman–Crippen LogP) is 1.03. The highest BCUT2D eigenvalue weighted by atomic mass is 16.4. The van der Waals surface area contributed by atoms with Gasteiger partial charge in [-0.2, -0.15) is 0 Å². The van der Waals surface area contributed by atoms with Crippen molar-refractivity contribution in [2.45, 2.75) is 12.8 Å². The van der Waals surface area contributed by atoms with E-state index in [0.717, 1.165) is 25.9 Å². The minimum absolute atomic E-state index is 0.201. The molecule has 0 amide bonds. The number of anilines is 1. The molecule has 1 aliphatic heterocycles. The Labute approximate surface area is 97.5 Å². The number of aromatic carboxylic acids is 1. The van der Waals surface area contributed by atoms with Gasteiger partial charge in [-0.25, -0.2) is 14.3 Å². The number of carbonyl (C=O) groups is 1. The molecule has 0 spiro atoms. The Kier molecular flexibility index (Phi) is 2.21. The van der Waals surface area contributed by atoms with Crippen molar-refractivity contribution in [3.05, 3.63) is 24.0 Å². The summed E-state index contributed by atoms with van der Waals surface area (Å²) in [6, 6.07) is 1.74. The van der Waals surface area contributed by atoms with Crippen LogP contribution in [0.3, 0.4) is 0 Å². The normalized spacial score (nSPS) is 15.6. The zero-order valence-corrected chi connectivity index (χ0v) is 9.20. The second kappa shape index (κ2) is 3.73. The molecule has 1 aliphatic rings. The van der Waals surface area contributed by atoms with E-state index in [1.807, 2.05) is 4.90 Å². The summed E-state index contributed by atoms with van der Waals surface area (Å²) in [6.45, 7) is 1.73. The molecule has 3 heterocycles. The topological polar surface area (TPSA) is 70.7 Å². The van der Waals surface area contributed by atoms with E-state index in [9.17, 15) is 9.90 Å². The lowest BCUT2D eigenvalue weighted by atomic mass is 10.3. The summed E-state index contributed by atoms with van der Waals surface area (Å²) in [5.74, 6) is -0.436. The molecule has 0 saturated carbocycles. The highest BCUT2D eigenvalue weighted by Crippen LogP contribution is 2.25. The van der Waals surface area contributed by atoms with Crippen molar-refractivity contribution >= 4 is 17.4 Å². The first kappa shape index (κ1) is 10.1. The van der Waals surface area contributed by atoms with Crippen LogP contribution < -0.4 is 4.90 Å². The van der Waals surface area contributed by atoms with E-state index in [0.29, 0.717) is 11.5 Å². The SMILES string of the molecule is O=C(O)c1c(N2CCCC2)nn2cccnc12. The molecule has 17 heavy (non-hydrogen) atoms. The Morgan fingerprint density at radius 2 is 2.12 bits per heavy atom. The van der Waals surface area contributed by atoms with Crippen LogP contribution in [0.15, 0.2) is 18.5 Å². The van der Waals surface area contributed by atoms with Gasteiger partial charge in [0.15, 0.2) is 11.5 Å². The first-order chi connectivity index (χ1) is 8.27. The third-order valence-electron chi connectivity index (χ3n) is 3.00. The van der Waals surface area contributed by atoms with Gasteiger partial charge >= 0.3 is 5.97 Å². The summed E-state index contributed by atoms with van der Waals surface area (Å²) >= 11 is 0. The molecule has 1 N–H and O–H groups in total. The fourth-order valence-corrected chi connectivity index (χ4v) is 2.22. The number of rotatable bonds is 2. The van der Waals surface area contributed by atoms with Crippen LogP contribution in [0.1, 0.15) is 23.2 Å². The average Bonchev–Trinajstić information content (AvgIpc) is 2.95. The number of carboxylic acid groups (broad SMARTS) is 1. The Balaban J connectivity index is 2.22. The molecule has 2 aromatic rings. The van der Waals surface area contributed by atoms with E-state index in [1.165, 1.54) is 4.52 Å². The minimum atomic E-state index is -0.972. The summed E-state index contributed by atoms with van der Waals surface area (Å²) in [5.41, 5.74) is 0.606. The highest BCUT2D eigenvalue weighted by molar-refractivity contribution is 6.00. The highest BCUT2D eigenvalue weighted by Gasteiger charge is 2.26. The van der Waals surface area contributed by atoms with E-state index in [2.05, 4.69) is 10.1 Å². The van der Waals surface area contributed by atoms with Crippen molar-refractivity contribution < 1.29 is 9.90 Å². The Morgan fingerprint density at radius 1 is 1.35 bits per heavy atom. The van der Waals surface area contributed by atoms with Crippen LogP contribution >= 0.6 is 0 Å². The van der Waals surface area contributed by atoms with Gasteiger partial charge in [0.2, 0.25) is 0 Å². The molecule has 0 bridgehead atoms. The molecule has 0 aromatic carbocycles. The summed E-state index contributed by atoms with van der Waals surface area (Å²) in [5, 5.41) is 13.6. The summed E-state index contributed by atoms with van der Waals surface area (Å²) in [7, 11) is 0. The third-order valence-corrected chi connectivity index (χ3v) is 3.00. The maximum atomic E-state index is 11.3. The second-order valence-corrected chi connectivity index (χ2v) is 4.09. The lowest BCUT2D eigenvalue weighted by molar-refractivity contribution is 0.0699. The van der Waals surface area contributed by atoms with Crippen LogP contribution in [0.4, 0.5) is 5.82 Å². The molecule has 0 radical (unpaired) electrons. The summed E-state index contributed by atoms with van der Waals surface area (Å²) in [6.07, 6.45) is 5.46. The van der Waals surface area contributed by atoms with Gasteiger partial charge in [0.25, 0.3) is 0 Å². The van der Waals surface area contributed by atoms with E-state index in [4.69, 9.17) is 0 Å². The van der Waals surface area contributed by atoms with Crippen molar-refractivity contribution in [2.75, 3.05) is 18.0 Å². The predicted molar refractivity (Wildman–Crippen MR) is 61.4 cm³/mol. The third kappa shape index (κ3) is 1.52. The lowest BCUT2D eigenvalue weighted by Gasteiger charge is -2.14. The second-order valence-electron chi connectivity index (χ2n) is 4.09. The average molecular weight is 232 g/mol. The van der Waals surface area contributed by atoms with Gasteiger partial charge in [0.05, 0.1) is 0 Å². The van der Waals surface area contributed by atoms with Crippen molar-refractivity contribution in [3.63, 3.8) is 0 Å². The Bertz CT molecular complexity index is 572. The van der Waals surface area contributed by atoms with Crippen LogP contribution in [0, 0.1) is 0 Å². The zero-order valence-electron chi connectivity index (χ0n) is 9.20. The van der Waals surface area contributed by atoms with Crippen LogP contribution in [-0.2, 0) is 0 Å². The smallest absolute Gasteiger partial charge is 0.343 e. The number of fused-ring (bicyclic) bond motifs is 1. The van der Waals surface area contributed by atoms with Crippen LogP contribution in [-0.4, -0.2) is 38.8 Å². The van der Waals surface area contributed by atoms with E-state index < -0.39 is 5.97 Å². The fraction of sp³-hybridized carbons (Fsp3) is 0.364. The molecule has 0 unspecified atom stereocenters. The summed E-state index contributed by atoms with van der Waals surface area (Å²) < 4.78 is 1.52. The molecule has 6 nitrogen and oxygen atoms in total. The number of hydrogen-bond donors (Lipinski definition) is 1. The van der Waals surface area contributed by atoms with E-state index in [-0.39, 0.29) is 5.56 Å². The molecule has 0 aliphatic carbocycles. The molecule has 2 aromatic heterocycles. The standard InChI is InChI=1S/C11H12N4O2/c16-11(17)8-9-12-4-3-7-15(9)13-10(8)14-5-1-2-6-14/h3-4,7H,1-2,5-6H2,(H,16,17). The molecular formula is C11H12N4O2. The quantitative estimate of drug-likeness (QED) is 0.837. The van der Waals surface area contributed by atoms with Crippen molar-refractivity contribution in [1.29, 1.82) is 0 Å². The molecule has 1 saturated heterocycles. The number of hydrogen-bond acceptors (Lipinski definition) is 4. The Morgan fingerprint density at radius 3 is 2.82 bits per heavy atom. The zero-order chi connectivity index (χ0) is 11.8. The van der Waals surface area contributed by atoms with E-state index >= 15 is 0 Å². The molecule has 1 fully saturated rings. The number of aromatic nitrogens is 3. The van der Waals surface area contributed by atoms with Crippen molar-refractivity contribution in [1.82, 2.24) is 14.6 Å². The first-order valence-electron chi connectivity index (χ1n) is 5.59. The maximum Gasteiger partial charge on any atom is 0.343 e. The van der Waals surface area contributed by atoms with Crippen LogP contribution in [0.25, 0.3) is 5.65 Å². The molecule has 88 valence electrons. The van der Waals surface area contributed by atoms with Gasteiger partial charge < -0.3 is 10.0 Å². The largest absolute Gasteiger partial charge is 0.477 e. The van der Waals surface area contributed by atoms with Gasteiger partial charge in [-0.1, -0.05) is 0 Å². The van der Waals surface area contributed by atoms with Crippen LogP contribution in [0.2, 0.25) is 0 Å². The van der Waals surface area contributed by atoms with Gasteiger partial charge in [-0.3, -0.25) is 0 Å². The molecular weight excluding hydrogens is 220 g/mol. The molecule has 6 heteroatoms. The van der Waals surface area contributed by atoms with Gasteiger partial charge in [0, 0.05) is 25.5 Å². The van der Waals surface area contributed by atoms with Gasteiger partial charge in [-0.15, -0.1) is 5.10 Å². The van der Waals surface area contributed by atoms with E-state index in [1.54, 1.807) is 18.5 Å². The van der Waals surface area contributed by atoms with Crippen molar-refractivity contribution in [3.8, 4) is 0 Å². The minimum Gasteiger partial charge on any atom is -0.477 e. The monoisotopic (exact) mass is 232 g/mol. The lowest BCUT2D eigenvalue weighted by Crippen LogP contribution is -2.20.